The lowest BCUT2D eigenvalue weighted by molar-refractivity contribution is 0.0905. The van der Waals surface area contributed by atoms with Gasteiger partial charge in [-0.2, -0.15) is 0 Å². The van der Waals surface area contributed by atoms with E-state index in [-0.39, 0.29) is 23.5 Å². The van der Waals surface area contributed by atoms with Crippen LogP contribution < -0.4 is 5.32 Å². The summed E-state index contributed by atoms with van der Waals surface area (Å²) in [5, 5.41) is 8.72. The molecule has 3 aromatic rings. The molecule has 1 amide bonds. The maximum absolute atomic E-state index is 13.3. The highest BCUT2D eigenvalue weighted by Gasteiger charge is 2.19. The Balaban J connectivity index is 1.68. The van der Waals surface area contributed by atoms with Crippen molar-refractivity contribution >= 4 is 17.2 Å². The second-order valence-corrected chi connectivity index (χ2v) is 6.77. The monoisotopic (exact) mass is 359 g/mol. The van der Waals surface area contributed by atoms with Crippen molar-refractivity contribution in [2.45, 2.75) is 6.04 Å². The van der Waals surface area contributed by atoms with Crippen LogP contribution in [0, 0.1) is 5.82 Å². The summed E-state index contributed by atoms with van der Waals surface area (Å²) in [6, 6.07) is 11.6. The highest BCUT2D eigenvalue weighted by atomic mass is 32.1. The number of hydrogen-bond acceptors (Lipinski definition) is 5. The van der Waals surface area contributed by atoms with Gasteiger partial charge in [0.1, 0.15) is 11.5 Å². The minimum Gasteiger partial charge on any atom is -0.350 e. The molecule has 130 valence electrons. The highest BCUT2D eigenvalue weighted by Crippen LogP contribution is 2.23. The van der Waals surface area contributed by atoms with E-state index in [1.165, 1.54) is 23.1 Å². The van der Waals surface area contributed by atoms with E-state index in [4.69, 9.17) is 4.52 Å². The van der Waals surface area contributed by atoms with Gasteiger partial charge in [0.05, 0.1) is 6.04 Å². The number of benzene rings is 1. The van der Waals surface area contributed by atoms with Gasteiger partial charge in [-0.05, 0) is 37.7 Å². The third-order valence-corrected chi connectivity index (χ3v) is 4.78. The molecule has 1 atom stereocenters. The first-order chi connectivity index (χ1) is 12.0. The number of carbonyl (C=O) groups excluding carboxylic acids is 1. The normalized spacial score (nSPS) is 12.3. The number of halogens is 1. The van der Waals surface area contributed by atoms with Crippen molar-refractivity contribution in [3.05, 3.63) is 64.3 Å². The van der Waals surface area contributed by atoms with Gasteiger partial charge in [-0.25, -0.2) is 4.39 Å². The molecule has 2 aromatic heterocycles. The lowest BCUT2D eigenvalue weighted by atomic mass is 10.1. The molecule has 0 saturated carbocycles. The second kappa shape index (κ2) is 7.58. The topological polar surface area (TPSA) is 58.4 Å². The molecule has 0 radical (unpaired) electrons. The highest BCUT2D eigenvalue weighted by molar-refractivity contribution is 7.10. The van der Waals surface area contributed by atoms with E-state index in [9.17, 15) is 9.18 Å². The average Bonchev–Trinajstić information content (AvgIpc) is 3.26. The molecule has 2 heterocycles. The van der Waals surface area contributed by atoms with Crippen molar-refractivity contribution in [2.75, 3.05) is 20.6 Å². The predicted molar refractivity (Wildman–Crippen MR) is 95.0 cm³/mol. The van der Waals surface area contributed by atoms with Crippen LogP contribution in [-0.4, -0.2) is 36.6 Å². The molecular weight excluding hydrogens is 341 g/mol. The minimum absolute atomic E-state index is 0.0783. The van der Waals surface area contributed by atoms with E-state index in [0.717, 1.165) is 0 Å². The minimum atomic E-state index is -0.365. The zero-order valence-electron chi connectivity index (χ0n) is 13.9. The Morgan fingerprint density at radius 1 is 1.32 bits per heavy atom. The van der Waals surface area contributed by atoms with E-state index < -0.39 is 0 Å². The van der Waals surface area contributed by atoms with Crippen LogP contribution in [0.15, 0.2) is 52.4 Å². The van der Waals surface area contributed by atoms with Gasteiger partial charge in [-0.3, -0.25) is 4.79 Å². The van der Waals surface area contributed by atoms with E-state index in [0.29, 0.717) is 17.8 Å². The van der Waals surface area contributed by atoms with Crippen molar-refractivity contribution in [3.63, 3.8) is 0 Å². The predicted octanol–water partition coefficient (Wildman–Crippen LogP) is 3.57. The molecular formula is C18H18FN3O2S. The second-order valence-electron chi connectivity index (χ2n) is 5.79. The Hall–Kier alpha value is -2.51. The number of aromatic nitrogens is 1. The number of amides is 1. The standard InChI is InChI=1S/C18H18FN3O2S/c1-22(2)15(17-7-4-8-25-17)11-20-18(23)16-10-14(21-24-16)12-5-3-6-13(19)9-12/h3-10,15H,11H2,1-2H3,(H,20,23). The molecule has 1 aromatic carbocycles. The summed E-state index contributed by atoms with van der Waals surface area (Å²) in [4.78, 5) is 15.5. The third kappa shape index (κ3) is 4.12. The number of nitrogens with zero attached hydrogens (tertiary/aromatic N) is 2. The molecule has 0 saturated heterocycles. The van der Waals surface area contributed by atoms with E-state index in [2.05, 4.69) is 10.5 Å². The molecule has 0 aliphatic heterocycles. The molecule has 7 heteroatoms. The SMILES string of the molecule is CN(C)C(CNC(=O)c1cc(-c2cccc(F)c2)no1)c1cccs1. The van der Waals surface area contributed by atoms with Gasteiger partial charge in [0.15, 0.2) is 0 Å². The van der Waals surface area contributed by atoms with Crippen LogP contribution in [0.3, 0.4) is 0 Å². The summed E-state index contributed by atoms with van der Waals surface area (Å²) < 4.78 is 18.4. The number of carbonyl (C=O) groups is 1. The van der Waals surface area contributed by atoms with Gasteiger partial charge in [-0.15, -0.1) is 11.3 Å². The van der Waals surface area contributed by atoms with Crippen molar-refractivity contribution in [1.29, 1.82) is 0 Å². The first-order valence-corrected chi connectivity index (χ1v) is 8.63. The molecule has 0 spiro atoms. The first kappa shape index (κ1) is 17.3. The summed E-state index contributed by atoms with van der Waals surface area (Å²) in [7, 11) is 3.93. The summed E-state index contributed by atoms with van der Waals surface area (Å²) >= 11 is 1.65. The molecule has 1 unspecified atom stereocenters. The van der Waals surface area contributed by atoms with Crippen molar-refractivity contribution in [1.82, 2.24) is 15.4 Å². The maximum Gasteiger partial charge on any atom is 0.289 e. The van der Waals surface area contributed by atoms with Crippen LogP contribution in [0.5, 0.6) is 0 Å². The summed E-state index contributed by atoms with van der Waals surface area (Å²) in [5.74, 6) is -0.613. The lowest BCUT2D eigenvalue weighted by Gasteiger charge is -2.23. The Morgan fingerprint density at radius 3 is 2.84 bits per heavy atom. The first-order valence-electron chi connectivity index (χ1n) is 7.75. The van der Waals surface area contributed by atoms with Crippen LogP contribution in [0.1, 0.15) is 21.5 Å². The van der Waals surface area contributed by atoms with Crippen molar-refractivity contribution < 1.29 is 13.7 Å². The Bertz CT molecular complexity index is 846. The third-order valence-electron chi connectivity index (χ3n) is 3.81. The number of nitrogens with one attached hydrogen (secondary N) is 1. The Labute approximate surface area is 149 Å². The fourth-order valence-electron chi connectivity index (χ4n) is 2.46. The number of likely N-dealkylation sites (N-methyl/N-ethyl adjacent to an activating group) is 1. The van der Waals surface area contributed by atoms with E-state index >= 15 is 0 Å². The maximum atomic E-state index is 13.3. The summed E-state index contributed by atoms with van der Waals surface area (Å²) in [6.45, 7) is 0.447. The smallest absolute Gasteiger partial charge is 0.289 e. The lowest BCUT2D eigenvalue weighted by Crippen LogP contribution is -2.34. The van der Waals surface area contributed by atoms with Gasteiger partial charge in [0.2, 0.25) is 5.76 Å². The van der Waals surface area contributed by atoms with Crippen LogP contribution >= 0.6 is 11.3 Å². The largest absolute Gasteiger partial charge is 0.350 e. The fourth-order valence-corrected chi connectivity index (χ4v) is 3.38. The van der Waals surface area contributed by atoms with Gasteiger partial charge in [0, 0.05) is 23.1 Å². The number of thiophene rings is 1. The van der Waals surface area contributed by atoms with Gasteiger partial charge >= 0.3 is 0 Å². The van der Waals surface area contributed by atoms with E-state index in [1.54, 1.807) is 23.5 Å². The quantitative estimate of drug-likeness (QED) is 0.731. The molecule has 5 nitrogen and oxygen atoms in total. The number of hydrogen-bond donors (Lipinski definition) is 1. The van der Waals surface area contributed by atoms with Crippen LogP contribution in [-0.2, 0) is 0 Å². The fraction of sp³-hybridized carbons (Fsp3) is 0.222. The Kier molecular flexibility index (Phi) is 5.25. The van der Waals surface area contributed by atoms with Crippen molar-refractivity contribution in [2.24, 2.45) is 0 Å². The van der Waals surface area contributed by atoms with Crippen LogP contribution in [0.25, 0.3) is 11.3 Å². The summed E-state index contributed by atoms with van der Waals surface area (Å²) in [6.07, 6.45) is 0. The molecule has 3 rings (SSSR count). The zero-order valence-corrected chi connectivity index (χ0v) is 14.7. The van der Waals surface area contributed by atoms with E-state index in [1.807, 2.05) is 36.5 Å². The molecule has 0 aliphatic rings. The van der Waals surface area contributed by atoms with Gasteiger partial charge in [0.25, 0.3) is 5.91 Å². The van der Waals surface area contributed by atoms with Gasteiger partial charge in [-0.1, -0.05) is 23.4 Å². The van der Waals surface area contributed by atoms with Crippen LogP contribution in [0.4, 0.5) is 4.39 Å². The van der Waals surface area contributed by atoms with Crippen LogP contribution in [0.2, 0.25) is 0 Å². The zero-order chi connectivity index (χ0) is 17.8. The molecule has 25 heavy (non-hydrogen) atoms. The Morgan fingerprint density at radius 2 is 2.16 bits per heavy atom. The molecule has 0 aliphatic carbocycles. The molecule has 1 N–H and O–H groups in total. The molecule has 0 fully saturated rings. The average molecular weight is 359 g/mol. The van der Waals surface area contributed by atoms with Crippen molar-refractivity contribution in [3.8, 4) is 11.3 Å². The van der Waals surface area contributed by atoms with Gasteiger partial charge < -0.3 is 14.7 Å². The number of rotatable bonds is 6. The summed E-state index contributed by atoms with van der Waals surface area (Å²) in [5.41, 5.74) is 0.986. The molecule has 0 bridgehead atoms.